The second kappa shape index (κ2) is 6.17. The molecular formula is C20H23FN2O. The summed E-state index contributed by atoms with van der Waals surface area (Å²) in [4.78, 5) is 6.56. The number of nitrogens with zero attached hydrogens (tertiary/aromatic N) is 2. The monoisotopic (exact) mass is 326 g/mol. The molecule has 1 aromatic heterocycles. The van der Waals surface area contributed by atoms with Gasteiger partial charge >= 0.3 is 0 Å². The molecule has 1 aliphatic heterocycles. The summed E-state index contributed by atoms with van der Waals surface area (Å²) in [5, 5.41) is 11.5. The number of halogens is 1. The summed E-state index contributed by atoms with van der Waals surface area (Å²) in [6.45, 7) is 0.741. The van der Waals surface area contributed by atoms with Gasteiger partial charge in [-0.15, -0.1) is 0 Å². The van der Waals surface area contributed by atoms with Crippen LogP contribution in [0.15, 0.2) is 48.7 Å². The third-order valence-electron chi connectivity index (χ3n) is 5.76. The molecule has 1 aromatic carbocycles. The van der Waals surface area contributed by atoms with Crippen LogP contribution in [-0.2, 0) is 5.60 Å². The Morgan fingerprint density at radius 2 is 1.88 bits per heavy atom. The van der Waals surface area contributed by atoms with Crippen LogP contribution in [0.1, 0.15) is 37.7 Å². The molecule has 0 spiro atoms. The predicted molar refractivity (Wildman–Crippen MR) is 92.2 cm³/mol. The number of aromatic nitrogens is 1. The van der Waals surface area contributed by atoms with Crippen LogP contribution in [-0.4, -0.2) is 22.7 Å². The first-order valence-electron chi connectivity index (χ1n) is 8.84. The van der Waals surface area contributed by atoms with Gasteiger partial charge in [0.15, 0.2) is 0 Å². The van der Waals surface area contributed by atoms with E-state index in [0.717, 1.165) is 37.2 Å². The minimum atomic E-state index is -0.775. The molecular weight excluding hydrogens is 303 g/mol. The van der Waals surface area contributed by atoms with Crippen LogP contribution in [0.5, 0.6) is 0 Å². The quantitative estimate of drug-likeness (QED) is 0.910. The number of fused-ring (bicyclic) bond motifs is 1. The molecule has 0 amide bonds. The topological polar surface area (TPSA) is 36.4 Å². The molecule has 4 heteroatoms. The molecule has 3 nitrogen and oxygen atoms in total. The van der Waals surface area contributed by atoms with E-state index in [-0.39, 0.29) is 17.8 Å². The van der Waals surface area contributed by atoms with Crippen molar-refractivity contribution in [3.05, 3.63) is 60.0 Å². The number of anilines is 1. The molecule has 0 unspecified atom stereocenters. The van der Waals surface area contributed by atoms with Crippen molar-refractivity contribution in [2.75, 3.05) is 11.4 Å². The zero-order valence-corrected chi connectivity index (χ0v) is 13.7. The Morgan fingerprint density at radius 3 is 2.62 bits per heavy atom. The maximum atomic E-state index is 13.2. The van der Waals surface area contributed by atoms with Gasteiger partial charge in [-0.3, -0.25) is 0 Å². The van der Waals surface area contributed by atoms with E-state index >= 15 is 0 Å². The first-order valence-corrected chi connectivity index (χ1v) is 8.84. The highest BCUT2D eigenvalue weighted by Gasteiger charge is 2.49. The predicted octanol–water partition coefficient (Wildman–Crippen LogP) is 3.88. The van der Waals surface area contributed by atoms with Crippen LogP contribution in [0, 0.1) is 11.7 Å². The fraction of sp³-hybridized carbons (Fsp3) is 0.450. The normalized spacial score (nSPS) is 30.0. The molecule has 4 rings (SSSR count). The summed E-state index contributed by atoms with van der Waals surface area (Å²) in [7, 11) is 0. The maximum absolute atomic E-state index is 13.2. The molecule has 1 saturated carbocycles. The van der Waals surface area contributed by atoms with E-state index < -0.39 is 5.60 Å². The van der Waals surface area contributed by atoms with Gasteiger partial charge in [0.1, 0.15) is 11.6 Å². The van der Waals surface area contributed by atoms with Gasteiger partial charge < -0.3 is 10.0 Å². The Labute approximate surface area is 142 Å². The summed E-state index contributed by atoms with van der Waals surface area (Å²) in [5.41, 5.74) is 0.247. The molecule has 1 saturated heterocycles. The third-order valence-corrected chi connectivity index (χ3v) is 5.76. The van der Waals surface area contributed by atoms with Gasteiger partial charge in [0.2, 0.25) is 0 Å². The lowest BCUT2D eigenvalue weighted by molar-refractivity contribution is -0.0690. The Balaban J connectivity index is 1.68. The van der Waals surface area contributed by atoms with Crippen LogP contribution in [0.2, 0.25) is 0 Å². The van der Waals surface area contributed by atoms with Gasteiger partial charge in [-0.2, -0.15) is 0 Å². The molecule has 24 heavy (non-hydrogen) atoms. The largest absolute Gasteiger partial charge is 0.385 e. The number of benzene rings is 1. The van der Waals surface area contributed by atoms with E-state index in [1.807, 2.05) is 30.3 Å². The van der Waals surface area contributed by atoms with Gasteiger partial charge in [0.05, 0.1) is 11.8 Å². The molecule has 1 aliphatic carbocycles. The minimum absolute atomic E-state index is 0.189. The fourth-order valence-electron chi connectivity index (χ4n) is 4.59. The minimum Gasteiger partial charge on any atom is -0.385 e. The highest BCUT2D eigenvalue weighted by Crippen LogP contribution is 2.47. The van der Waals surface area contributed by atoms with Gasteiger partial charge in [0.25, 0.3) is 0 Å². The molecule has 3 atom stereocenters. The Bertz CT molecular complexity index is 691. The van der Waals surface area contributed by atoms with E-state index in [1.54, 1.807) is 6.07 Å². The molecule has 0 bridgehead atoms. The number of hydrogen-bond acceptors (Lipinski definition) is 3. The summed E-state index contributed by atoms with van der Waals surface area (Å²) < 4.78 is 13.2. The van der Waals surface area contributed by atoms with E-state index in [2.05, 4.69) is 9.88 Å². The first-order chi connectivity index (χ1) is 11.7. The molecule has 2 heterocycles. The molecule has 2 aromatic rings. The average molecular weight is 326 g/mol. The lowest BCUT2D eigenvalue weighted by atomic mass is 9.66. The van der Waals surface area contributed by atoms with Crippen LogP contribution < -0.4 is 4.90 Å². The van der Waals surface area contributed by atoms with Gasteiger partial charge in [-0.05, 0) is 37.0 Å². The van der Waals surface area contributed by atoms with Gasteiger partial charge in [0, 0.05) is 18.5 Å². The van der Waals surface area contributed by atoms with Crippen molar-refractivity contribution in [1.82, 2.24) is 4.98 Å². The van der Waals surface area contributed by atoms with Gasteiger partial charge in [-0.25, -0.2) is 9.37 Å². The molecule has 2 fully saturated rings. The number of hydrogen-bond donors (Lipinski definition) is 1. The van der Waals surface area contributed by atoms with Crippen LogP contribution >= 0.6 is 0 Å². The number of piperidine rings is 1. The average Bonchev–Trinajstić information content (AvgIpc) is 2.64. The van der Waals surface area contributed by atoms with Crippen LogP contribution in [0.25, 0.3) is 0 Å². The number of pyridine rings is 1. The van der Waals surface area contributed by atoms with Crippen molar-refractivity contribution in [3.63, 3.8) is 0 Å². The Hall–Kier alpha value is -1.94. The molecule has 126 valence electrons. The second-order valence-electron chi connectivity index (χ2n) is 7.03. The lowest BCUT2D eigenvalue weighted by Gasteiger charge is -2.53. The highest BCUT2D eigenvalue weighted by atomic mass is 19.1. The zero-order valence-electron chi connectivity index (χ0n) is 13.7. The summed E-state index contributed by atoms with van der Waals surface area (Å²) in [6.07, 6.45) is 6.36. The molecule has 0 radical (unpaired) electrons. The summed E-state index contributed by atoms with van der Waals surface area (Å²) >= 11 is 0. The number of rotatable bonds is 2. The van der Waals surface area contributed by atoms with Crippen molar-refractivity contribution >= 4 is 5.82 Å². The van der Waals surface area contributed by atoms with Crippen LogP contribution in [0.3, 0.4) is 0 Å². The fourth-order valence-corrected chi connectivity index (χ4v) is 4.59. The second-order valence-corrected chi connectivity index (χ2v) is 7.03. The van der Waals surface area contributed by atoms with E-state index in [9.17, 15) is 9.50 Å². The summed E-state index contributed by atoms with van der Waals surface area (Å²) in [6, 6.07) is 13.6. The van der Waals surface area contributed by atoms with Crippen molar-refractivity contribution in [3.8, 4) is 0 Å². The van der Waals surface area contributed by atoms with Crippen molar-refractivity contribution in [2.24, 2.45) is 5.92 Å². The molecule has 1 N–H and O–H groups in total. The Kier molecular flexibility index (Phi) is 4.01. The van der Waals surface area contributed by atoms with E-state index in [1.165, 1.54) is 18.7 Å². The number of aliphatic hydroxyl groups is 1. The maximum Gasteiger partial charge on any atom is 0.141 e. The van der Waals surface area contributed by atoms with E-state index in [0.29, 0.717) is 6.42 Å². The standard InChI is InChI=1S/C20H23FN2O/c21-16-10-11-19(22-14-16)23-13-12-20(24,15-6-2-1-3-7-15)17-8-4-5-9-18(17)23/h1-3,6-7,10-11,14,17-18,24H,4-5,8-9,12-13H2/t17-,18+,20-/m0/s1. The van der Waals surface area contributed by atoms with Gasteiger partial charge in [-0.1, -0.05) is 43.2 Å². The third kappa shape index (κ3) is 2.59. The van der Waals surface area contributed by atoms with E-state index in [4.69, 9.17) is 0 Å². The van der Waals surface area contributed by atoms with Crippen molar-refractivity contribution < 1.29 is 9.50 Å². The van der Waals surface area contributed by atoms with Crippen molar-refractivity contribution in [1.29, 1.82) is 0 Å². The first kappa shape index (κ1) is 15.6. The Morgan fingerprint density at radius 1 is 1.08 bits per heavy atom. The highest BCUT2D eigenvalue weighted by molar-refractivity contribution is 5.42. The summed E-state index contributed by atoms with van der Waals surface area (Å²) in [5.74, 6) is 0.703. The SMILES string of the molecule is O[C@]1(c2ccccc2)CCN(c2ccc(F)cn2)[C@@H]2CCCC[C@@H]21. The van der Waals surface area contributed by atoms with Crippen molar-refractivity contribution in [2.45, 2.75) is 43.7 Å². The lowest BCUT2D eigenvalue weighted by Crippen LogP contribution is -2.57. The van der Waals surface area contributed by atoms with Crippen LogP contribution in [0.4, 0.5) is 10.2 Å². The molecule has 2 aliphatic rings. The smallest absolute Gasteiger partial charge is 0.141 e. The zero-order chi connectivity index (χ0) is 16.6.